The zero-order valence-corrected chi connectivity index (χ0v) is 13.9. The summed E-state index contributed by atoms with van der Waals surface area (Å²) >= 11 is 3.52. The molecule has 0 atom stereocenters. The monoisotopic (exact) mass is 370 g/mol. The highest BCUT2D eigenvalue weighted by atomic mass is 79.9. The van der Waals surface area contributed by atoms with E-state index >= 15 is 0 Å². The molecule has 116 valence electrons. The van der Waals surface area contributed by atoms with Crippen molar-refractivity contribution in [2.75, 3.05) is 13.2 Å². The van der Waals surface area contributed by atoms with Crippen molar-refractivity contribution < 1.29 is 9.52 Å². The Balaban J connectivity index is 2.19. The number of nitrogens with zero attached hydrogens (tertiary/aromatic N) is 1. The van der Waals surface area contributed by atoms with Gasteiger partial charge in [-0.3, -0.25) is 4.99 Å². The van der Waals surface area contributed by atoms with Crippen LogP contribution in [-0.4, -0.2) is 23.2 Å². The van der Waals surface area contributed by atoms with Gasteiger partial charge in [0.25, 0.3) is 0 Å². The van der Waals surface area contributed by atoms with E-state index in [1.807, 2.05) is 36.4 Å². The van der Waals surface area contributed by atoms with Crippen LogP contribution in [0.2, 0.25) is 0 Å². The molecular weight excluding hydrogens is 356 g/mol. The minimum Gasteiger partial charge on any atom is -0.440 e. The Bertz CT molecular complexity index is 1080. The predicted octanol–water partition coefficient (Wildman–Crippen LogP) is 4.11. The maximum Gasteiger partial charge on any atom is 0.208 e. The van der Waals surface area contributed by atoms with Crippen molar-refractivity contribution in [2.45, 2.75) is 6.42 Å². The molecule has 0 saturated carbocycles. The molecule has 23 heavy (non-hydrogen) atoms. The minimum absolute atomic E-state index is 0.138. The summed E-state index contributed by atoms with van der Waals surface area (Å²) < 4.78 is 7.03. The molecule has 4 nitrogen and oxygen atoms in total. The second-order valence-corrected chi connectivity index (χ2v) is 6.34. The van der Waals surface area contributed by atoms with Crippen LogP contribution >= 0.6 is 15.9 Å². The highest BCUT2D eigenvalue weighted by Crippen LogP contribution is 2.27. The Morgan fingerprint density at radius 1 is 1.13 bits per heavy atom. The summed E-state index contributed by atoms with van der Waals surface area (Å²) in [5.41, 5.74) is 2.54. The first-order valence-corrected chi connectivity index (χ1v) is 8.31. The van der Waals surface area contributed by atoms with Crippen LogP contribution in [0.4, 0.5) is 0 Å². The van der Waals surface area contributed by atoms with Gasteiger partial charge in [0.2, 0.25) is 5.71 Å². The zero-order valence-electron chi connectivity index (χ0n) is 12.3. The molecule has 0 saturated heterocycles. The third-order valence-corrected chi connectivity index (χ3v) is 4.40. The van der Waals surface area contributed by atoms with E-state index in [-0.39, 0.29) is 6.61 Å². The summed E-state index contributed by atoms with van der Waals surface area (Å²) in [5.74, 6) is 0. The van der Waals surface area contributed by atoms with Crippen LogP contribution in [0.1, 0.15) is 6.42 Å². The van der Waals surface area contributed by atoms with E-state index in [0.717, 1.165) is 42.8 Å². The predicted molar refractivity (Wildman–Crippen MR) is 95.4 cm³/mol. The van der Waals surface area contributed by atoms with Gasteiger partial charge in [0.15, 0.2) is 0 Å². The van der Waals surface area contributed by atoms with Crippen LogP contribution in [0.3, 0.4) is 0 Å². The van der Waals surface area contributed by atoms with Crippen molar-refractivity contribution in [3.05, 3.63) is 52.3 Å². The molecule has 0 amide bonds. The highest BCUT2D eigenvalue weighted by molar-refractivity contribution is 9.10. The first-order valence-electron chi connectivity index (χ1n) is 7.52. The van der Waals surface area contributed by atoms with Crippen LogP contribution in [0.15, 0.2) is 56.3 Å². The fourth-order valence-electron chi connectivity index (χ4n) is 2.88. The van der Waals surface area contributed by atoms with E-state index in [2.05, 4.69) is 27.0 Å². The van der Waals surface area contributed by atoms with Crippen LogP contribution in [0.25, 0.3) is 33.0 Å². The van der Waals surface area contributed by atoms with Gasteiger partial charge < -0.3 is 14.5 Å². The van der Waals surface area contributed by atoms with Crippen molar-refractivity contribution in [1.82, 2.24) is 4.98 Å². The lowest BCUT2D eigenvalue weighted by atomic mass is 10.1. The van der Waals surface area contributed by atoms with E-state index in [9.17, 15) is 0 Å². The Morgan fingerprint density at radius 2 is 2.00 bits per heavy atom. The summed E-state index contributed by atoms with van der Waals surface area (Å²) in [4.78, 5) is 8.08. The Kier molecular flexibility index (Phi) is 3.67. The normalized spacial score (nSPS) is 12.7. The highest BCUT2D eigenvalue weighted by Gasteiger charge is 2.12. The topological polar surface area (TPSA) is 61.5 Å². The Hall–Kier alpha value is -2.11. The van der Waals surface area contributed by atoms with E-state index in [1.165, 1.54) is 0 Å². The van der Waals surface area contributed by atoms with E-state index in [1.54, 1.807) is 0 Å². The average molecular weight is 371 g/mol. The van der Waals surface area contributed by atoms with Crippen LogP contribution in [0.5, 0.6) is 0 Å². The largest absolute Gasteiger partial charge is 0.440 e. The Labute approximate surface area is 140 Å². The molecule has 4 aromatic rings. The van der Waals surface area contributed by atoms with Crippen molar-refractivity contribution in [3.63, 3.8) is 0 Å². The lowest BCUT2D eigenvalue weighted by Crippen LogP contribution is -2.06. The number of aliphatic hydroxyl groups excluding tert-OH is 1. The molecule has 0 aliphatic heterocycles. The molecule has 0 aliphatic rings. The molecule has 5 heteroatoms. The minimum atomic E-state index is 0.138. The van der Waals surface area contributed by atoms with Gasteiger partial charge >= 0.3 is 0 Å². The maximum atomic E-state index is 9.05. The van der Waals surface area contributed by atoms with E-state index in [0.29, 0.717) is 13.0 Å². The number of hydrogen-bond acceptors (Lipinski definition) is 3. The number of aliphatic hydroxyl groups is 1. The summed E-state index contributed by atoms with van der Waals surface area (Å²) in [6.45, 7) is 0.718. The summed E-state index contributed by atoms with van der Waals surface area (Å²) in [5, 5.41) is 13.0. The number of aromatic amines is 1. The number of halogens is 1. The van der Waals surface area contributed by atoms with Crippen molar-refractivity contribution in [2.24, 2.45) is 4.99 Å². The molecule has 0 radical (unpaired) electrons. The fourth-order valence-corrected chi connectivity index (χ4v) is 3.24. The molecule has 2 aromatic carbocycles. The lowest BCUT2D eigenvalue weighted by molar-refractivity contribution is 0.291. The molecule has 4 rings (SSSR count). The number of nitrogens with one attached hydrogen (secondary N) is 1. The molecule has 2 N–H and O–H groups in total. The van der Waals surface area contributed by atoms with Crippen LogP contribution in [-0.2, 0) is 0 Å². The van der Waals surface area contributed by atoms with Gasteiger partial charge in [-0.1, -0.05) is 34.1 Å². The van der Waals surface area contributed by atoms with Gasteiger partial charge in [-0.05, 0) is 30.7 Å². The van der Waals surface area contributed by atoms with Gasteiger partial charge in [-0.25, -0.2) is 0 Å². The van der Waals surface area contributed by atoms with E-state index in [4.69, 9.17) is 14.5 Å². The summed E-state index contributed by atoms with van der Waals surface area (Å²) in [7, 11) is 0. The lowest BCUT2D eigenvalue weighted by Gasteiger charge is -2.02. The first-order chi connectivity index (χ1) is 11.3. The number of hydrogen-bond donors (Lipinski definition) is 2. The SMILES string of the molecule is OCCCN=c1c2cc(Br)ccc2oc2[nH]c3ccccc3c12. The van der Waals surface area contributed by atoms with Gasteiger partial charge in [-0.15, -0.1) is 0 Å². The smallest absolute Gasteiger partial charge is 0.208 e. The van der Waals surface area contributed by atoms with Gasteiger partial charge in [0.05, 0.1) is 10.7 Å². The standard InChI is InChI=1S/C18H15BrN2O2/c19-11-6-7-15-13(10-11)17(20-8-3-9-22)16-12-4-1-2-5-14(12)21-18(16)23-15/h1-2,4-7,10,21-22H,3,8-9H2. The summed E-state index contributed by atoms with van der Waals surface area (Å²) in [6.07, 6.45) is 0.644. The molecule has 0 aliphatic carbocycles. The Morgan fingerprint density at radius 3 is 2.87 bits per heavy atom. The van der Waals surface area contributed by atoms with Crippen molar-refractivity contribution in [1.29, 1.82) is 0 Å². The average Bonchev–Trinajstić information content (AvgIpc) is 2.93. The van der Waals surface area contributed by atoms with Crippen molar-refractivity contribution >= 4 is 48.9 Å². The summed E-state index contributed by atoms with van der Waals surface area (Å²) in [6, 6.07) is 14.0. The quantitative estimate of drug-likeness (QED) is 0.533. The zero-order chi connectivity index (χ0) is 15.8. The number of aromatic nitrogens is 1. The number of fused-ring (bicyclic) bond motifs is 4. The number of para-hydroxylation sites is 1. The van der Waals surface area contributed by atoms with Gasteiger partial charge in [-0.2, -0.15) is 0 Å². The fraction of sp³-hybridized carbons (Fsp3) is 0.167. The third kappa shape index (κ3) is 2.46. The number of rotatable bonds is 3. The molecule has 0 spiro atoms. The second-order valence-electron chi connectivity index (χ2n) is 5.42. The van der Waals surface area contributed by atoms with Gasteiger partial charge in [0, 0.05) is 33.9 Å². The molecule has 0 fully saturated rings. The molecule has 2 heterocycles. The van der Waals surface area contributed by atoms with Gasteiger partial charge in [0.1, 0.15) is 5.58 Å². The molecular formula is C18H15BrN2O2. The van der Waals surface area contributed by atoms with Crippen LogP contribution < -0.4 is 5.36 Å². The first kappa shape index (κ1) is 14.5. The molecule has 2 aromatic heterocycles. The van der Waals surface area contributed by atoms with E-state index < -0.39 is 0 Å². The molecule has 0 bridgehead atoms. The maximum absolute atomic E-state index is 9.05. The number of H-pyrrole nitrogens is 1. The third-order valence-electron chi connectivity index (χ3n) is 3.90. The molecule has 0 unspecified atom stereocenters. The van der Waals surface area contributed by atoms with Crippen molar-refractivity contribution in [3.8, 4) is 0 Å². The number of benzene rings is 2. The van der Waals surface area contributed by atoms with Crippen LogP contribution in [0, 0.1) is 0 Å². The second kappa shape index (κ2) is 5.83.